The molecule has 0 aromatic rings. The molecule has 1 heterocycles. The third-order valence-electron chi connectivity index (χ3n) is 2.45. The van der Waals surface area contributed by atoms with Gasteiger partial charge in [0.2, 0.25) is 5.91 Å². The predicted octanol–water partition coefficient (Wildman–Crippen LogP) is 0.485. The Morgan fingerprint density at radius 3 is 3.11 bits per heavy atom. The Balaban J connectivity index is 2.10. The Labute approximate surface area is 54.8 Å². The molecule has 2 aliphatic rings. The van der Waals surface area contributed by atoms with E-state index in [2.05, 4.69) is 0 Å². The van der Waals surface area contributed by atoms with Gasteiger partial charge in [0.15, 0.2) is 0 Å². The van der Waals surface area contributed by atoms with E-state index in [1.807, 2.05) is 11.9 Å². The summed E-state index contributed by atoms with van der Waals surface area (Å²) in [5, 5.41) is 0. The highest BCUT2D eigenvalue weighted by Crippen LogP contribution is 2.45. The summed E-state index contributed by atoms with van der Waals surface area (Å²) in [4.78, 5) is 12.9. The summed E-state index contributed by atoms with van der Waals surface area (Å²) in [5.41, 5.74) is 0. The van der Waals surface area contributed by atoms with Crippen LogP contribution in [0.1, 0.15) is 12.8 Å². The smallest absolute Gasteiger partial charge is 0.225 e. The van der Waals surface area contributed by atoms with Crippen molar-refractivity contribution in [2.75, 3.05) is 13.6 Å². The van der Waals surface area contributed by atoms with Gasteiger partial charge in [0.1, 0.15) is 0 Å². The Morgan fingerprint density at radius 1 is 1.67 bits per heavy atom. The molecule has 1 saturated heterocycles. The highest BCUT2D eigenvalue weighted by molar-refractivity contribution is 5.82. The number of fused-ring (bicyclic) bond motifs is 1. The molecule has 2 fully saturated rings. The van der Waals surface area contributed by atoms with E-state index < -0.39 is 0 Å². The largest absolute Gasteiger partial charge is 0.346 e. The van der Waals surface area contributed by atoms with Crippen LogP contribution in [0.25, 0.3) is 0 Å². The molecule has 0 spiro atoms. The molecular weight excluding hydrogens is 114 g/mol. The quantitative estimate of drug-likeness (QED) is 0.461. The van der Waals surface area contributed by atoms with Crippen LogP contribution < -0.4 is 0 Å². The van der Waals surface area contributed by atoms with Gasteiger partial charge >= 0.3 is 0 Å². The first kappa shape index (κ1) is 5.27. The summed E-state index contributed by atoms with van der Waals surface area (Å²) in [6.07, 6.45) is 2.41. The first-order valence-electron chi connectivity index (χ1n) is 3.54. The molecule has 2 heteroatoms. The average Bonchev–Trinajstić information content (AvgIpc) is 2.58. The van der Waals surface area contributed by atoms with Crippen molar-refractivity contribution >= 4 is 5.91 Å². The molecule has 0 N–H and O–H groups in total. The van der Waals surface area contributed by atoms with Gasteiger partial charge in [-0.2, -0.15) is 0 Å². The third-order valence-corrected chi connectivity index (χ3v) is 2.45. The van der Waals surface area contributed by atoms with Crippen LogP contribution in [0.2, 0.25) is 0 Å². The van der Waals surface area contributed by atoms with Crippen molar-refractivity contribution < 1.29 is 4.79 Å². The zero-order valence-corrected chi connectivity index (χ0v) is 5.63. The van der Waals surface area contributed by atoms with Crippen molar-refractivity contribution in [3.05, 3.63) is 0 Å². The Morgan fingerprint density at radius 2 is 2.44 bits per heavy atom. The molecule has 2 rings (SSSR count). The fourth-order valence-corrected chi connectivity index (χ4v) is 1.62. The van der Waals surface area contributed by atoms with Gasteiger partial charge in [-0.1, -0.05) is 0 Å². The fraction of sp³-hybridized carbons (Fsp3) is 0.857. The molecule has 2 atom stereocenters. The van der Waals surface area contributed by atoms with Crippen molar-refractivity contribution in [2.45, 2.75) is 12.8 Å². The summed E-state index contributed by atoms with van der Waals surface area (Å²) in [7, 11) is 1.90. The maximum Gasteiger partial charge on any atom is 0.225 e. The second kappa shape index (κ2) is 1.49. The van der Waals surface area contributed by atoms with Crippen molar-refractivity contribution in [3.63, 3.8) is 0 Å². The Bertz CT molecular complexity index is 151. The SMILES string of the molecule is CN1CCC2C[C@H]2C1=O. The molecule has 1 unspecified atom stereocenters. The van der Waals surface area contributed by atoms with E-state index in [0.717, 1.165) is 12.5 Å². The Hall–Kier alpha value is -0.530. The minimum atomic E-state index is 0.381. The van der Waals surface area contributed by atoms with Crippen LogP contribution in [-0.4, -0.2) is 24.4 Å². The predicted molar refractivity (Wildman–Crippen MR) is 33.9 cm³/mol. The molecule has 50 valence electrons. The van der Waals surface area contributed by atoms with E-state index in [1.165, 1.54) is 12.8 Å². The molecule has 0 radical (unpaired) electrons. The zero-order chi connectivity index (χ0) is 6.43. The lowest BCUT2D eigenvalue weighted by atomic mass is 10.1. The van der Waals surface area contributed by atoms with Gasteiger partial charge < -0.3 is 4.90 Å². The second-order valence-corrected chi connectivity index (χ2v) is 3.15. The van der Waals surface area contributed by atoms with Gasteiger partial charge in [-0.3, -0.25) is 4.79 Å². The fourth-order valence-electron chi connectivity index (χ4n) is 1.62. The maximum atomic E-state index is 11.1. The van der Waals surface area contributed by atoms with E-state index in [0.29, 0.717) is 11.8 Å². The van der Waals surface area contributed by atoms with Crippen LogP contribution in [-0.2, 0) is 4.79 Å². The van der Waals surface area contributed by atoms with E-state index in [4.69, 9.17) is 0 Å². The first-order chi connectivity index (χ1) is 4.29. The van der Waals surface area contributed by atoms with Crippen LogP contribution in [0.4, 0.5) is 0 Å². The number of likely N-dealkylation sites (tertiary alicyclic amines) is 1. The summed E-state index contributed by atoms with van der Waals surface area (Å²) in [6, 6.07) is 0. The van der Waals surface area contributed by atoms with Gasteiger partial charge in [-0.15, -0.1) is 0 Å². The highest BCUT2D eigenvalue weighted by atomic mass is 16.2. The number of piperidine rings is 1. The standard InChI is InChI=1S/C7H11NO/c1-8-3-2-5-4-6(5)7(8)9/h5-6H,2-4H2,1H3/t5?,6-/m1/s1. The zero-order valence-electron chi connectivity index (χ0n) is 5.63. The summed E-state index contributed by atoms with van der Waals surface area (Å²) >= 11 is 0. The van der Waals surface area contributed by atoms with E-state index >= 15 is 0 Å². The average molecular weight is 125 g/mol. The number of nitrogens with zero attached hydrogens (tertiary/aromatic N) is 1. The molecule has 0 bridgehead atoms. The summed E-state index contributed by atoms with van der Waals surface area (Å²) in [6.45, 7) is 0.986. The highest BCUT2D eigenvalue weighted by Gasteiger charge is 2.46. The maximum absolute atomic E-state index is 11.1. The second-order valence-electron chi connectivity index (χ2n) is 3.15. The van der Waals surface area contributed by atoms with Gasteiger partial charge in [0.25, 0.3) is 0 Å². The van der Waals surface area contributed by atoms with Gasteiger partial charge in [-0.25, -0.2) is 0 Å². The first-order valence-corrected chi connectivity index (χ1v) is 3.54. The lowest BCUT2D eigenvalue weighted by molar-refractivity contribution is -0.133. The topological polar surface area (TPSA) is 20.3 Å². The minimum Gasteiger partial charge on any atom is -0.346 e. The molecule has 0 aromatic heterocycles. The monoisotopic (exact) mass is 125 g/mol. The molecule has 9 heavy (non-hydrogen) atoms. The molecule has 1 saturated carbocycles. The summed E-state index contributed by atoms with van der Waals surface area (Å²) in [5.74, 6) is 1.59. The van der Waals surface area contributed by atoms with Gasteiger partial charge in [0.05, 0.1) is 0 Å². The van der Waals surface area contributed by atoms with E-state index in [1.54, 1.807) is 0 Å². The third kappa shape index (κ3) is 0.655. The molecule has 1 aliphatic heterocycles. The Kier molecular flexibility index (Phi) is 0.875. The van der Waals surface area contributed by atoms with Gasteiger partial charge in [-0.05, 0) is 18.8 Å². The normalized spacial score (nSPS) is 40.6. The van der Waals surface area contributed by atoms with E-state index in [9.17, 15) is 4.79 Å². The van der Waals surface area contributed by atoms with Crippen LogP contribution >= 0.6 is 0 Å². The number of amides is 1. The lowest BCUT2D eigenvalue weighted by Gasteiger charge is -2.20. The van der Waals surface area contributed by atoms with Crippen LogP contribution in [0.5, 0.6) is 0 Å². The molecular formula is C7H11NO. The number of carbonyl (C=O) groups excluding carboxylic acids is 1. The summed E-state index contributed by atoms with van der Waals surface area (Å²) < 4.78 is 0. The number of hydrogen-bond donors (Lipinski definition) is 0. The van der Waals surface area contributed by atoms with Crippen LogP contribution in [0, 0.1) is 11.8 Å². The molecule has 1 amide bonds. The minimum absolute atomic E-state index is 0.381. The number of rotatable bonds is 0. The van der Waals surface area contributed by atoms with Crippen molar-refractivity contribution in [1.82, 2.24) is 4.90 Å². The molecule has 1 aliphatic carbocycles. The van der Waals surface area contributed by atoms with Gasteiger partial charge in [0, 0.05) is 19.5 Å². The van der Waals surface area contributed by atoms with Crippen molar-refractivity contribution in [3.8, 4) is 0 Å². The number of carbonyl (C=O) groups is 1. The van der Waals surface area contributed by atoms with Crippen LogP contribution in [0.15, 0.2) is 0 Å². The van der Waals surface area contributed by atoms with Crippen molar-refractivity contribution in [2.24, 2.45) is 11.8 Å². The van der Waals surface area contributed by atoms with Crippen molar-refractivity contribution in [1.29, 1.82) is 0 Å². The number of hydrogen-bond acceptors (Lipinski definition) is 1. The molecule has 0 aromatic carbocycles. The molecule has 2 nitrogen and oxygen atoms in total. The van der Waals surface area contributed by atoms with E-state index in [-0.39, 0.29) is 0 Å². The lowest BCUT2D eigenvalue weighted by Crippen LogP contribution is -2.33. The van der Waals surface area contributed by atoms with Crippen LogP contribution in [0.3, 0.4) is 0 Å².